The number of hydrogen-bond donors (Lipinski definition) is 1. The predicted octanol–water partition coefficient (Wildman–Crippen LogP) is 2.77. The summed E-state index contributed by atoms with van der Waals surface area (Å²) in [7, 11) is 3.21. The van der Waals surface area contributed by atoms with Gasteiger partial charge in [0, 0.05) is 6.07 Å². The number of ether oxygens (including phenoxy) is 2. The van der Waals surface area contributed by atoms with Crippen molar-refractivity contribution >= 4 is 21.6 Å². The molecule has 6 nitrogen and oxygen atoms in total. The van der Waals surface area contributed by atoms with Gasteiger partial charge in [0.05, 0.1) is 30.9 Å². The maximum Gasteiger partial charge on any atom is 0.245 e. The number of aromatic nitrogens is 2. The summed E-state index contributed by atoms with van der Waals surface area (Å²) in [6, 6.07) is 3.67. The first kappa shape index (κ1) is 13.7. The van der Waals surface area contributed by atoms with Gasteiger partial charge in [-0.25, -0.2) is 0 Å². The van der Waals surface area contributed by atoms with Crippen LogP contribution in [-0.2, 0) is 6.54 Å². The first-order chi connectivity index (χ1) is 9.13. The molecule has 0 aliphatic heterocycles. The van der Waals surface area contributed by atoms with E-state index in [9.17, 15) is 0 Å². The molecule has 0 unspecified atom stereocenters. The SMILES string of the molecule is COc1cc(OC)c(NCc2nc(C)no2)cc1Br. The third kappa shape index (κ3) is 3.17. The fourth-order valence-electron chi connectivity index (χ4n) is 1.58. The quantitative estimate of drug-likeness (QED) is 0.910. The van der Waals surface area contributed by atoms with E-state index in [-0.39, 0.29) is 0 Å². The van der Waals surface area contributed by atoms with Crippen LogP contribution in [0.5, 0.6) is 11.5 Å². The van der Waals surface area contributed by atoms with Crippen LogP contribution in [0.4, 0.5) is 5.69 Å². The van der Waals surface area contributed by atoms with Crippen LogP contribution in [-0.4, -0.2) is 24.4 Å². The highest BCUT2D eigenvalue weighted by atomic mass is 79.9. The van der Waals surface area contributed by atoms with Crippen molar-refractivity contribution in [3.63, 3.8) is 0 Å². The first-order valence-corrected chi connectivity index (χ1v) is 6.38. The fraction of sp³-hybridized carbons (Fsp3) is 0.333. The van der Waals surface area contributed by atoms with Crippen molar-refractivity contribution in [1.82, 2.24) is 10.1 Å². The number of aryl methyl sites for hydroxylation is 1. The fourth-order valence-corrected chi connectivity index (χ4v) is 2.09. The normalized spacial score (nSPS) is 10.3. The number of nitrogens with zero attached hydrogens (tertiary/aromatic N) is 2. The summed E-state index contributed by atoms with van der Waals surface area (Å²) in [4.78, 5) is 4.12. The van der Waals surface area contributed by atoms with Gasteiger partial charge in [0.2, 0.25) is 5.89 Å². The minimum absolute atomic E-state index is 0.427. The highest BCUT2D eigenvalue weighted by Crippen LogP contribution is 2.36. The van der Waals surface area contributed by atoms with E-state index in [1.807, 2.05) is 6.07 Å². The maximum absolute atomic E-state index is 5.31. The molecule has 0 spiro atoms. The summed E-state index contributed by atoms with van der Waals surface area (Å²) in [5, 5.41) is 6.91. The lowest BCUT2D eigenvalue weighted by Gasteiger charge is -2.12. The highest BCUT2D eigenvalue weighted by Gasteiger charge is 2.10. The molecule has 2 aromatic rings. The van der Waals surface area contributed by atoms with Crippen LogP contribution in [0.1, 0.15) is 11.7 Å². The summed E-state index contributed by atoms with van der Waals surface area (Å²) in [6.07, 6.45) is 0. The van der Waals surface area contributed by atoms with Gasteiger partial charge in [-0.05, 0) is 28.9 Å². The number of anilines is 1. The molecule has 0 radical (unpaired) electrons. The Morgan fingerprint density at radius 2 is 2.00 bits per heavy atom. The largest absolute Gasteiger partial charge is 0.495 e. The maximum atomic E-state index is 5.31. The van der Waals surface area contributed by atoms with E-state index < -0.39 is 0 Å². The molecule has 0 bridgehead atoms. The lowest BCUT2D eigenvalue weighted by atomic mass is 10.2. The predicted molar refractivity (Wildman–Crippen MR) is 73.6 cm³/mol. The van der Waals surface area contributed by atoms with Crippen LogP contribution in [0.2, 0.25) is 0 Å². The molecule has 0 fully saturated rings. The Hall–Kier alpha value is -1.76. The first-order valence-electron chi connectivity index (χ1n) is 5.58. The Morgan fingerprint density at radius 3 is 2.58 bits per heavy atom. The Balaban J connectivity index is 2.17. The summed E-state index contributed by atoms with van der Waals surface area (Å²) in [5.41, 5.74) is 0.811. The third-order valence-corrected chi connectivity index (χ3v) is 3.09. The van der Waals surface area contributed by atoms with Gasteiger partial charge in [0.15, 0.2) is 5.82 Å². The Labute approximate surface area is 119 Å². The molecule has 0 saturated carbocycles. The second-order valence-electron chi connectivity index (χ2n) is 3.78. The second-order valence-corrected chi connectivity index (χ2v) is 4.63. The summed E-state index contributed by atoms with van der Waals surface area (Å²) >= 11 is 3.43. The van der Waals surface area contributed by atoms with Gasteiger partial charge in [0.1, 0.15) is 11.5 Å². The topological polar surface area (TPSA) is 69.4 Å². The van der Waals surface area contributed by atoms with Crippen LogP contribution < -0.4 is 14.8 Å². The molecular formula is C12H14BrN3O3. The summed E-state index contributed by atoms with van der Waals surface area (Å²) in [5.74, 6) is 2.51. The van der Waals surface area contributed by atoms with E-state index in [1.165, 1.54) is 0 Å². The van der Waals surface area contributed by atoms with Crippen molar-refractivity contribution in [2.75, 3.05) is 19.5 Å². The lowest BCUT2D eigenvalue weighted by Crippen LogP contribution is -2.02. The molecule has 0 atom stereocenters. The molecule has 1 heterocycles. The number of methoxy groups -OCH3 is 2. The number of hydrogen-bond acceptors (Lipinski definition) is 6. The van der Waals surface area contributed by atoms with Crippen LogP contribution >= 0.6 is 15.9 Å². The third-order valence-electron chi connectivity index (χ3n) is 2.47. The van der Waals surface area contributed by atoms with E-state index in [2.05, 4.69) is 31.4 Å². The standard InChI is InChI=1S/C12H14BrN3O3/c1-7-15-12(19-16-7)6-14-9-4-8(13)10(17-2)5-11(9)18-3/h4-5,14H,6H2,1-3H3. The molecule has 19 heavy (non-hydrogen) atoms. The Morgan fingerprint density at radius 1 is 1.26 bits per heavy atom. The molecular weight excluding hydrogens is 314 g/mol. The molecule has 0 saturated heterocycles. The Bertz CT molecular complexity index is 571. The molecule has 1 aromatic heterocycles. The van der Waals surface area contributed by atoms with E-state index in [0.29, 0.717) is 29.8 Å². The van der Waals surface area contributed by atoms with Crippen LogP contribution in [0.25, 0.3) is 0 Å². The number of rotatable bonds is 5. The van der Waals surface area contributed by atoms with Gasteiger partial charge in [0.25, 0.3) is 0 Å². The van der Waals surface area contributed by atoms with Crippen molar-refractivity contribution in [1.29, 1.82) is 0 Å². The van der Waals surface area contributed by atoms with Gasteiger partial charge < -0.3 is 19.3 Å². The molecule has 1 N–H and O–H groups in total. The molecule has 7 heteroatoms. The van der Waals surface area contributed by atoms with Gasteiger partial charge in [-0.3, -0.25) is 0 Å². The van der Waals surface area contributed by atoms with Crippen LogP contribution in [0, 0.1) is 6.92 Å². The van der Waals surface area contributed by atoms with Gasteiger partial charge in [-0.2, -0.15) is 4.98 Å². The number of nitrogens with one attached hydrogen (secondary N) is 1. The second kappa shape index (κ2) is 5.92. The van der Waals surface area contributed by atoms with E-state index in [1.54, 1.807) is 27.2 Å². The number of halogens is 1. The summed E-state index contributed by atoms with van der Waals surface area (Å²) in [6.45, 7) is 2.20. The molecule has 0 aliphatic rings. The monoisotopic (exact) mass is 327 g/mol. The summed E-state index contributed by atoms with van der Waals surface area (Å²) < 4.78 is 16.4. The molecule has 1 aromatic carbocycles. The lowest BCUT2D eigenvalue weighted by molar-refractivity contribution is 0.378. The van der Waals surface area contributed by atoms with E-state index in [4.69, 9.17) is 14.0 Å². The molecule has 0 aliphatic carbocycles. The Kier molecular flexibility index (Phi) is 4.26. The minimum Gasteiger partial charge on any atom is -0.495 e. The molecule has 102 valence electrons. The minimum atomic E-state index is 0.427. The molecule has 0 amide bonds. The zero-order chi connectivity index (χ0) is 13.8. The smallest absolute Gasteiger partial charge is 0.245 e. The molecule has 2 rings (SSSR count). The highest BCUT2D eigenvalue weighted by molar-refractivity contribution is 9.10. The zero-order valence-electron chi connectivity index (χ0n) is 10.9. The zero-order valence-corrected chi connectivity index (χ0v) is 12.4. The van der Waals surface area contributed by atoms with Crippen molar-refractivity contribution < 1.29 is 14.0 Å². The average molecular weight is 328 g/mol. The van der Waals surface area contributed by atoms with Crippen molar-refractivity contribution in [2.24, 2.45) is 0 Å². The van der Waals surface area contributed by atoms with Gasteiger partial charge in [-0.15, -0.1) is 0 Å². The van der Waals surface area contributed by atoms with Crippen molar-refractivity contribution in [3.8, 4) is 11.5 Å². The van der Waals surface area contributed by atoms with Crippen LogP contribution in [0.15, 0.2) is 21.1 Å². The van der Waals surface area contributed by atoms with Crippen molar-refractivity contribution in [3.05, 3.63) is 28.3 Å². The van der Waals surface area contributed by atoms with E-state index >= 15 is 0 Å². The van der Waals surface area contributed by atoms with Gasteiger partial charge in [-0.1, -0.05) is 5.16 Å². The van der Waals surface area contributed by atoms with Crippen LogP contribution in [0.3, 0.4) is 0 Å². The average Bonchev–Trinajstić information content (AvgIpc) is 2.82. The van der Waals surface area contributed by atoms with Gasteiger partial charge >= 0.3 is 0 Å². The van der Waals surface area contributed by atoms with E-state index in [0.717, 1.165) is 10.2 Å². The van der Waals surface area contributed by atoms with Crippen molar-refractivity contribution in [2.45, 2.75) is 13.5 Å². The number of benzene rings is 1.